The minimum absolute atomic E-state index is 0.0671. The Morgan fingerprint density at radius 1 is 0.900 bits per heavy atom. The zero-order valence-corrected chi connectivity index (χ0v) is 19.0. The van der Waals surface area contributed by atoms with Crippen LogP contribution < -0.4 is 5.32 Å². The van der Waals surface area contributed by atoms with Crippen molar-refractivity contribution in [2.24, 2.45) is 5.92 Å². The standard InChI is InChI=1S/C22H41N5O3/c1-19(2)15-26-12-13-30-20(16-26)14-23-21(28)17-24-8-10-25(11-9-24)18-22(29)27-6-4-3-5-7-27/h19-20H,3-18H2,1-2H3,(H,23,28). The maximum Gasteiger partial charge on any atom is 0.236 e. The number of morpholine rings is 1. The topological polar surface area (TPSA) is 68.4 Å². The lowest BCUT2D eigenvalue weighted by Gasteiger charge is -2.36. The van der Waals surface area contributed by atoms with Gasteiger partial charge in [-0.15, -0.1) is 0 Å². The molecule has 8 nitrogen and oxygen atoms in total. The number of amides is 2. The smallest absolute Gasteiger partial charge is 0.236 e. The predicted molar refractivity (Wildman–Crippen MR) is 117 cm³/mol. The average Bonchev–Trinajstić information content (AvgIpc) is 2.74. The molecular formula is C22H41N5O3. The Hall–Kier alpha value is -1.22. The van der Waals surface area contributed by atoms with E-state index in [2.05, 4.69) is 33.9 Å². The maximum atomic E-state index is 12.4. The van der Waals surface area contributed by atoms with Crippen molar-refractivity contribution >= 4 is 11.8 Å². The number of likely N-dealkylation sites (tertiary alicyclic amines) is 1. The van der Waals surface area contributed by atoms with Crippen molar-refractivity contribution in [3.05, 3.63) is 0 Å². The highest BCUT2D eigenvalue weighted by atomic mass is 16.5. The Kier molecular flexibility index (Phi) is 9.36. The van der Waals surface area contributed by atoms with Crippen molar-refractivity contribution in [1.29, 1.82) is 0 Å². The first-order valence-electron chi connectivity index (χ1n) is 11.8. The Balaban J connectivity index is 1.29. The number of carbonyl (C=O) groups is 2. The fourth-order valence-electron chi connectivity index (χ4n) is 4.61. The normalized spacial score (nSPS) is 24.9. The second-order valence-electron chi connectivity index (χ2n) is 9.44. The summed E-state index contributed by atoms with van der Waals surface area (Å²) in [4.78, 5) is 33.7. The number of nitrogens with one attached hydrogen (secondary N) is 1. The molecular weight excluding hydrogens is 382 g/mol. The molecule has 0 radical (unpaired) electrons. The van der Waals surface area contributed by atoms with E-state index in [-0.39, 0.29) is 17.9 Å². The summed E-state index contributed by atoms with van der Waals surface area (Å²) in [5.41, 5.74) is 0. The van der Waals surface area contributed by atoms with Crippen LogP contribution in [0, 0.1) is 5.92 Å². The molecule has 0 bridgehead atoms. The van der Waals surface area contributed by atoms with Crippen molar-refractivity contribution < 1.29 is 14.3 Å². The number of piperazine rings is 1. The number of ether oxygens (including phenoxy) is 1. The van der Waals surface area contributed by atoms with E-state index < -0.39 is 0 Å². The third-order valence-corrected chi connectivity index (χ3v) is 6.27. The van der Waals surface area contributed by atoms with Crippen molar-refractivity contribution in [2.75, 3.05) is 85.1 Å². The molecule has 0 saturated carbocycles. The van der Waals surface area contributed by atoms with Crippen LogP contribution in [0.1, 0.15) is 33.1 Å². The van der Waals surface area contributed by atoms with Gasteiger partial charge in [0.05, 0.1) is 25.8 Å². The summed E-state index contributed by atoms with van der Waals surface area (Å²) >= 11 is 0. The second kappa shape index (κ2) is 12.0. The number of hydrogen-bond acceptors (Lipinski definition) is 6. The van der Waals surface area contributed by atoms with Gasteiger partial charge in [0, 0.05) is 65.4 Å². The summed E-state index contributed by atoms with van der Waals surface area (Å²) < 4.78 is 5.82. The lowest BCUT2D eigenvalue weighted by atomic mass is 10.1. The number of piperidine rings is 1. The molecule has 1 N–H and O–H groups in total. The molecule has 3 aliphatic rings. The van der Waals surface area contributed by atoms with E-state index in [4.69, 9.17) is 4.74 Å². The molecule has 172 valence electrons. The average molecular weight is 424 g/mol. The van der Waals surface area contributed by atoms with Crippen LogP contribution in [0.25, 0.3) is 0 Å². The monoisotopic (exact) mass is 423 g/mol. The third-order valence-electron chi connectivity index (χ3n) is 6.27. The van der Waals surface area contributed by atoms with E-state index in [1.807, 2.05) is 4.90 Å². The molecule has 0 aromatic carbocycles. The van der Waals surface area contributed by atoms with Gasteiger partial charge in [0.2, 0.25) is 11.8 Å². The molecule has 3 fully saturated rings. The van der Waals surface area contributed by atoms with Crippen LogP contribution in [-0.4, -0.2) is 123 Å². The lowest BCUT2D eigenvalue weighted by molar-refractivity contribution is -0.134. The van der Waals surface area contributed by atoms with E-state index in [1.165, 1.54) is 6.42 Å². The van der Waals surface area contributed by atoms with Gasteiger partial charge in [-0.05, 0) is 25.2 Å². The van der Waals surface area contributed by atoms with Gasteiger partial charge < -0.3 is 15.0 Å². The highest BCUT2D eigenvalue weighted by Crippen LogP contribution is 2.10. The van der Waals surface area contributed by atoms with Gasteiger partial charge in [0.1, 0.15) is 0 Å². The third kappa shape index (κ3) is 7.80. The first-order valence-corrected chi connectivity index (χ1v) is 11.8. The summed E-state index contributed by atoms with van der Waals surface area (Å²) in [7, 11) is 0. The Bertz CT molecular complexity index is 545. The van der Waals surface area contributed by atoms with Crippen LogP contribution in [0.2, 0.25) is 0 Å². The largest absolute Gasteiger partial charge is 0.374 e. The summed E-state index contributed by atoms with van der Waals surface area (Å²) in [6.07, 6.45) is 3.60. The first-order chi connectivity index (χ1) is 14.5. The summed E-state index contributed by atoms with van der Waals surface area (Å²) in [6.45, 7) is 14.9. The van der Waals surface area contributed by atoms with E-state index in [0.717, 1.165) is 78.4 Å². The molecule has 0 aromatic heterocycles. The molecule has 2 amide bonds. The van der Waals surface area contributed by atoms with Gasteiger partial charge >= 0.3 is 0 Å². The van der Waals surface area contributed by atoms with Gasteiger partial charge in [-0.2, -0.15) is 0 Å². The second-order valence-corrected chi connectivity index (χ2v) is 9.44. The van der Waals surface area contributed by atoms with Gasteiger partial charge in [-0.3, -0.25) is 24.3 Å². The van der Waals surface area contributed by atoms with Gasteiger partial charge in [0.25, 0.3) is 0 Å². The zero-order valence-electron chi connectivity index (χ0n) is 19.0. The Morgan fingerprint density at radius 3 is 2.23 bits per heavy atom. The lowest BCUT2D eigenvalue weighted by Crippen LogP contribution is -2.53. The van der Waals surface area contributed by atoms with Crippen molar-refractivity contribution in [3.8, 4) is 0 Å². The van der Waals surface area contributed by atoms with Crippen LogP contribution in [0.5, 0.6) is 0 Å². The fourth-order valence-corrected chi connectivity index (χ4v) is 4.61. The molecule has 0 spiro atoms. The highest BCUT2D eigenvalue weighted by Gasteiger charge is 2.25. The van der Waals surface area contributed by atoms with Crippen molar-refractivity contribution in [2.45, 2.75) is 39.2 Å². The summed E-state index contributed by atoms with van der Waals surface area (Å²) in [6, 6.07) is 0. The highest BCUT2D eigenvalue weighted by molar-refractivity contribution is 5.78. The number of rotatable bonds is 8. The zero-order chi connectivity index (χ0) is 21.3. The van der Waals surface area contributed by atoms with Crippen LogP contribution in [-0.2, 0) is 14.3 Å². The first kappa shape index (κ1) is 23.4. The number of hydrogen-bond donors (Lipinski definition) is 1. The number of nitrogens with zero attached hydrogens (tertiary/aromatic N) is 4. The van der Waals surface area contributed by atoms with Crippen molar-refractivity contribution in [1.82, 2.24) is 24.9 Å². The molecule has 3 rings (SSSR count). The molecule has 1 atom stereocenters. The Labute approximate surface area is 181 Å². The van der Waals surface area contributed by atoms with E-state index in [0.29, 0.717) is 25.6 Å². The predicted octanol–water partition coefficient (Wildman–Crippen LogP) is 0.0895. The van der Waals surface area contributed by atoms with Gasteiger partial charge in [-0.1, -0.05) is 13.8 Å². The van der Waals surface area contributed by atoms with Crippen LogP contribution in [0.4, 0.5) is 0 Å². The van der Waals surface area contributed by atoms with E-state index in [9.17, 15) is 9.59 Å². The molecule has 3 aliphatic heterocycles. The molecule has 3 saturated heterocycles. The molecule has 30 heavy (non-hydrogen) atoms. The fraction of sp³-hybridized carbons (Fsp3) is 0.909. The SMILES string of the molecule is CC(C)CN1CCOC(CNC(=O)CN2CCN(CC(=O)N3CCCCC3)CC2)C1. The minimum Gasteiger partial charge on any atom is -0.374 e. The van der Waals surface area contributed by atoms with Crippen LogP contribution in [0.15, 0.2) is 0 Å². The molecule has 1 unspecified atom stereocenters. The molecule has 8 heteroatoms. The number of carbonyl (C=O) groups excluding carboxylic acids is 2. The molecule has 0 aromatic rings. The minimum atomic E-state index is 0.0671. The van der Waals surface area contributed by atoms with E-state index in [1.54, 1.807) is 0 Å². The van der Waals surface area contributed by atoms with Crippen LogP contribution >= 0.6 is 0 Å². The van der Waals surface area contributed by atoms with Crippen molar-refractivity contribution in [3.63, 3.8) is 0 Å². The van der Waals surface area contributed by atoms with E-state index >= 15 is 0 Å². The summed E-state index contributed by atoms with van der Waals surface area (Å²) in [5, 5.41) is 3.05. The maximum absolute atomic E-state index is 12.4. The van der Waals surface area contributed by atoms with Gasteiger partial charge in [-0.25, -0.2) is 0 Å². The molecule has 3 heterocycles. The molecule has 0 aliphatic carbocycles. The summed E-state index contributed by atoms with van der Waals surface area (Å²) in [5.74, 6) is 0.976. The van der Waals surface area contributed by atoms with Gasteiger partial charge in [0.15, 0.2) is 0 Å². The Morgan fingerprint density at radius 2 is 1.57 bits per heavy atom. The quantitative estimate of drug-likeness (QED) is 0.597. The van der Waals surface area contributed by atoms with Crippen LogP contribution in [0.3, 0.4) is 0 Å².